The molecule has 1 rings (SSSR count). The van der Waals surface area contributed by atoms with Crippen LogP contribution in [0, 0.1) is 0 Å². The van der Waals surface area contributed by atoms with Crippen molar-refractivity contribution in [3.8, 4) is 0 Å². The molecule has 94 valence electrons. The minimum Gasteiger partial charge on any atom is -0.207 e. The molecule has 0 fully saturated rings. The summed E-state index contributed by atoms with van der Waals surface area (Å²) in [5, 5.41) is 0. The summed E-state index contributed by atoms with van der Waals surface area (Å²) in [6.45, 7) is 6.39. The smallest absolute Gasteiger partial charge is 0.207 e. The Kier molecular flexibility index (Phi) is 5.36. The molecule has 3 nitrogen and oxygen atoms in total. The lowest BCUT2D eigenvalue weighted by Crippen LogP contribution is -2.31. The van der Waals surface area contributed by atoms with Crippen LogP contribution in [0.1, 0.15) is 13.3 Å². The van der Waals surface area contributed by atoms with Crippen LogP contribution in [0.25, 0.3) is 0 Å². The van der Waals surface area contributed by atoms with Crippen molar-refractivity contribution in [2.75, 3.05) is 13.1 Å². The molecule has 0 bridgehead atoms. The van der Waals surface area contributed by atoms with E-state index >= 15 is 0 Å². The Balaban J connectivity index is 3.06. The Hall–Kier alpha value is -0.650. The number of halogens is 1. The Bertz CT molecular complexity index is 468. The van der Waals surface area contributed by atoms with Gasteiger partial charge in [0.1, 0.15) is 0 Å². The highest BCUT2D eigenvalue weighted by atomic mass is 79.9. The zero-order valence-electron chi connectivity index (χ0n) is 9.77. The number of nitrogens with zero attached hydrogens (tertiary/aromatic N) is 1. The van der Waals surface area contributed by atoms with Gasteiger partial charge in [-0.3, -0.25) is 0 Å². The zero-order valence-corrected chi connectivity index (χ0v) is 12.2. The summed E-state index contributed by atoms with van der Waals surface area (Å²) in [5.74, 6) is 0. The second-order valence-electron chi connectivity index (χ2n) is 3.61. The van der Waals surface area contributed by atoms with E-state index in [0.29, 0.717) is 18.0 Å². The molecule has 1 aromatic rings. The van der Waals surface area contributed by atoms with Crippen molar-refractivity contribution < 1.29 is 8.42 Å². The molecule has 0 heterocycles. The monoisotopic (exact) mass is 317 g/mol. The molecule has 0 saturated carbocycles. The molecular weight excluding hydrogens is 302 g/mol. The van der Waals surface area contributed by atoms with E-state index in [-0.39, 0.29) is 0 Å². The van der Waals surface area contributed by atoms with Gasteiger partial charge in [-0.15, -0.1) is 6.58 Å². The van der Waals surface area contributed by atoms with E-state index in [9.17, 15) is 8.42 Å². The van der Waals surface area contributed by atoms with E-state index in [1.807, 2.05) is 6.92 Å². The summed E-state index contributed by atoms with van der Waals surface area (Å²) in [7, 11) is -3.40. The standard InChI is InChI=1S/C12H16BrNO2S/c1-3-9-14(10-4-2)17(15,16)12-7-5-11(13)6-8-12/h3,5-8H,1,4,9-10H2,2H3. The molecule has 0 atom stereocenters. The van der Waals surface area contributed by atoms with E-state index in [4.69, 9.17) is 0 Å². The van der Waals surface area contributed by atoms with Crippen LogP contribution in [0.2, 0.25) is 0 Å². The largest absolute Gasteiger partial charge is 0.243 e. The highest BCUT2D eigenvalue weighted by molar-refractivity contribution is 9.10. The predicted molar refractivity (Wildman–Crippen MR) is 73.4 cm³/mol. The van der Waals surface area contributed by atoms with Gasteiger partial charge in [-0.2, -0.15) is 4.31 Å². The minimum absolute atomic E-state index is 0.316. The zero-order chi connectivity index (χ0) is 12.9. The second kappa shape index (κ2) is 6.33. The van der Waals surface area contributed by atoms with Crippen LogP contribution < -0.4 is 0 Å². The first kappa shape index (κ1) is 14.4. The van der Waals surface area contributed by atoms with Crippen molar-refractivity contribution in [3.05, 3.63) is 41.4 Å². The fraction of sp³-hybridized carbons (Fsp3) is 0.333. The Labute approximate surface area is 111 Å². The average molecular weight is 318 g/mol. The van der Waals surface area contributed by atoms with Gasteiger partial charge in [-0.05, 0) is 30.7 Å². The van der Waals surface area contributed by atoms with Gasteiger partial charge in [0.25, 0.3) is 0 Å². The molecule has 0 spiro atoms. The third-order valence-electron chi connectivity index (χ3n) is 2.26. The molecule has 0 amide bonds. The third kappa shape index (κ3) is 3.66. The highest BCUT2D eigenvalue weighted by Gasteiger charge is 2.22. The molecule has 0 aromatic heterocycles. The van der Waals surface area contributed by atoms with Crippen molar-refractivity contribution in [2.24, 2.45) is 0 Å². The highest BCUT2D eigenvalue weighted by Crippen LogP contribution is 2.18. The van der Waals surface area contributed by atoms with Crippen LogP contribution >= 0.6 is 15.9 Å². The summed E-state index contributed by atoms with van der Waals surface area (Å²) in [6, 6.07) is 6.66. The Morgan fingerprint density at radius 1 is 1.35 bits per heavy atom. The maximum atomic E-state index is 12.3. The van der Waals surface area contributed by atoms with E-state index in [0.717, 1.165) is 10.9 Å². The van der Waals surface area contributed by atoms with Gasteiger partial charge in [-0.1, -0.05) is 28.9 Å². The molecule has 0 aliphatic carbocycles. The number of hydrogen-bond acceptors (Lipinski definition) is 2. The van der Waals surface area contributed by atoms with E-state index in [1.165, 1.54) is 4.31 Å². The van der Waals surface area contributed by atoms with Crippen LogP contribution in [0.4, 0.5) is 0 Å². The first-order valence-corrected chi connectivity index (χ1v) is 7.62. The summed E-state index contributed by atoms with van der Waals surface area (Å²) in [5.41, 5.74) is 0. The van der Waals surface area contributed by atoms with Gasteiger partial charge in [0.15, 0.2) is 0 Å². The fourth-order valence-electron chi connectivity index (χ4n) is 1.46. The van der Waals surface area contributed by atoms with Gasteiger partial charge in [0.05, 0.1) is 4.90 Å². The van der Waals surface area contributed by atoms with Gasteiger partial charge >= 0.3 is 0 Å². The van der Waals surface area contributed by atoms with Gasteiger partial charge in [-0.25, -0.2) is 8.42 Å². The van der Waals surface area contributed by atoms with Crippen molar-refractivity contribution in [3.63, 3.8) is 0 Å². The maximum Gasteiger partial charge on any atom is 0.243 e. The Morgan fingerprint density at radius 2 is 1.94 bits per heavy atom. The first-order valence-electron chi connectivity index (χ1n) is 5.39. The molecule has 0 aliphatic rings. The minimum atomic E-state index is -3.40. The molecule has 1 aromatic carbocycles. The number of hydrogen-bond donors (Lipinski definition) is 0. The fourth-order valence-corrected chi connectivity index (χ4v) is 3.23. The predicted octanol–water partition coefficient (Wildman–Crippen LogP) is 3.04. The van der Waals surface area contributed by atoms with Crippen molar-refractivity contribution in [1.29, 1.82) is 0 Å². The lowest BCUT2D eigenvalue weighted by molar-refractivity contribution is 0.441. The average Bonchev–Trinajstić information content (AvgIpc) is 2.29. The van der Waals surface area contributed by atoms with E-state index < -0.39 is 10.0 Å². The molecule has 0 N–H and O–H groups in total. The van der Waals surface area contributed by atoms with Gasteiger partial charge < -0.3 is 0 Å². The molecular formula is C12H16BrNO2S. The van der Waals surface area contributed by atoms with Gasteiger partial charge in [0, 0.05) is 17.6 Å². The summed E-state index contributed by atoms with van der Waals surface area (Å²) >= 11 is 3.29. The van der Waals surface area contributed by atoms with Gasteiger partial charge in [0.2, 0.25) is 10.0 Å². The first-order chi connectivity index (χ1) is 8.02. The third-order valence-corrected chi connectivity index (χ3v) is 4.67. The molecule has 0 saturated heterocycles. The SMILES string of the molecule is C=CCN(CCC)S(=O)(=O)c1ccc(Br)cc1. The number of benzene rings is 1. The lowest BCUT2D eigenvalue weighted by atomic mass is 10.4. The summed E-state index contributed by atoms with van der Waals surface area (Å²) < 4.78 is 26.9. The lowest BCUT2D eigenvalue weighted by Gasteiger charge is -2.19. The molecule has 0 radical (unpaired) electrons. The normalized spacial score (nSPS) is 11.7. The van der Waals surface area contributed by atoms with Crippen molar-refractivity contribution in [1.82, 2.24) is 4.31 Å². The van der Waals surface area contributed by atoms with Crippen LogP contribution in [0.5, 0.6) is 0 Å². The van der Waals surface area contributed by atoms with Crippen LogP contribution in [0.15, 0.2) is 46.3 Å². The van der Waals surface area contributed by atoms with Crippen LogP contribution in [0.3, 0.4) is 0 Å². The molecule has 17 heavy (non-hydrogen) atoms. The number of rotatable bonds is 6. The van der Waals surface area contributed by atoms with Crippen LogP contribution in [-0.4, -0.2) is 25.8 Å². The number of sulfonamides is 1. The van der Waals surface area contributed by atoms with Crippen molar-refractivity contribution >= 4 is 26.0 Å². The molecule has 5 heteroatoms. The maximum absolute atomic E-state index is 12.3. The van der Waals surface area contributed by atoms with E-state index in [2.05, 4.69) is 22.5 Å². The summed E-state index contributed by atoms with van der Waals surface area (Å²) in [6.07, 6.45) is 2.38. The molecule has 0 aliphatic heterocycles. The Morgan fingerprint density at radius 3 is 2.41 bits per heavy atom. The van der Waals surface area contributed by atoms with E-state index in [1.54, 1.807) is 30.3 Å². The van der Waals surface area contributed by atoms with Crippen LogP contribution in [-0.2, 0) is 10.0 Å². The quantitative estimate of drug-likeness (QED) is 0.756. The van der Waals surface area contributed by atoms with Crippen molar-refractivity contribution in [2.45, 2.75) is 18.2 Å². The topological polar surface area (TPSA) is 37.4 Å². The summed E-state index contributed by atoms with van der Waals surface area (Å²) in [4.78, 5) is 0.316. The molecule has 0 unspecified atom stereocenters. The second-order valence-corrected chi connectivity index (χ2v) is 6.46.